The molecule has 124 valence electrons. The highest BCUT2D eigenvalue weighted by Crippen LogP contribution is 2.19. The zero-order chi connectivity index (χ0) is 17.6. The Morgan fingerprint density at radius 1 is 0.840 bits per heavy atom. The Morgan fingerprint density at radius 3 is 1.92 bits per heavy atom. The summed E-state index contributed by atoms with van der Waals surface area (Å²) in [6, 6.07) is 21.7. The molecular weight excluding hydrogens is 310 g/mol. The second-order valence-electron chi connectivity index (χ2n) is 5.82. The molecule has 3 rings (SSSR count). The molecule has 0 atom stereocenters. The summed E-state index contributed by atoms with van der Waals surface area (Å²) in [7, 11) is 3.44. The number of nitrogens with zero attached hydrogens (tertiary/aromatic N) is 3. The minimum absolute atomic E-state index is 0.0921. The number of carbonyl (C=O) groups is 1. The molecule has 1 amide bonds. The Bertz CT molecular complexity index is 846. The van der Waals surface area contributed by atoms with Crippen LogP contribution in [0.5, 0.6) is 0 Å². The second-order valence-corrected chi connectivity index (χ2v) is 5.82. The molecule has 0 aliphatic carbocycles. The fraction of sp³-hybridized carbons (Fsp3) is 0.0952. The second kappa shape index (κ2) is 7.53. The molecule has 0 fully saturated rings. The average Bonchev–Trinajstić information content (AvgIpc) is 2.67. The fourth-order valence-corrected chi connectivity index (χ4v) is 2.48. The van der Waals surface area contributed by atoms with E-state index in [9.17, 15) is 4.79 Å². The first kappa shape index (κ1) is 16.6. The van der Waals surface area contributed by atoms with Crippen molar-refractivity contribution in [3.8, 4) is 0 Å². The van der Waals surface area contributed by atoms with Crippen molar-refractivity contribution in [3.05, 3.63) is 95.8 Å². The molecular formula is C21H19N3O. The van der Waals surface area contributed by atoms with Gasteiger partial charge in [0.2, 0.25) is 0 Å². The number of benzene rings is 2. The third kappa shape index (κ3) is 3.98. The van der Waals surface area contributed by atoms with Gasteiger partial charge < -0.3 is 4.90 Å². The molecule has 0 aliphatic rings. The van der Waals surface area contributed by atoms with Gasteiger partial charge in [0.1, 0.15) is 0 Å². The average molecular weight is 329 g/mol. The molecule has 0 saturated carbocycles. The Hall–Kier alpha value is -3.27. The lowest BCUT2D eigenvalue weighted by molar-refractivity contribution is 0.0827. The Morgan fingerprint density at radius 2 is 1.40 bits per heavy atom. The Labute approximate surface area is 147 Å². The van der Waals surface area contributed by atoms with Crippen molar-refractivity contribution in [2.75, 3.05) is 14.1 Å². The summed E-state index contributed by atoms with van der Waals surface area (Å²) in [5.74, 6) is -0.0921. The molecule has 0 N–H and O–H groups in total. The first-order chi connectivity index (χ1) is 12.1. The van der Waals surface area contributed by atoms with Crippen LogP contribution in [-0.2, 0) is 0 Å². The molecule has 0 unspecified atom stereocenters. The third-order valence-corrected chi connectivity index (χ3v) is 3.71. The zero-order valence-electron chi connectivity index (χ0n) is 14.3. The van der Waals surface area contributed by atoms with E-state index in [4.69, 9.17) is 4.99 Å². The van der Waals surface area contributed by atoms with Gasteiger partial charge in [-0.15, -0.1) is 0 Å². The van der Waals surface area contributed by atoms with Crippen molar-refractivity contribution in [2.45, 2.75) is 0 Å². The van der Waals surface area contributed by atoms with E-state index in [0.29, 0.717) is 11.3 Å². The summed E-state index contributed by atoms with van der Waals surface area (Å²) in [4.78, 5) is 22.6. The number of rotatable bonds is 4. The minimum atomic E-state index is -0.0921. The van der Waals surface area contributed by atoms with Gasteiger partial charge in [-0.3, -0.25) is 9.78 Å². The maximum atomic E-state index is 12.2. The van der Waals surface area contributed by atoms with Crippen molar-refractivity contribution in [3.63, 3.8) is 0 Å². The molecule has 0 radical (unpaired) electrons. The van der Waals surface area contributed by atoms with E-state index in [1.165, 1.54) is 4.90 Å². The van der Waals surface area contributed by atoms with Crippen LogP contribution in [0.1, 0.15) is 21.5 Å². The van der Waals surface area contributed by atoms with E-state index in [0.717, 1.165) is 16.8 Å². The minimum Gasteiger partial charge on any atom is -0.345 e. The van der Waals surface area contributed by atoms with E-state index in [1.807, 2.05) is 60.7 Å². The lowest BCUT2D eigenvalue weighted by atomic mass is 10.0. The van der Waals surface area contributed by atoms with Crippen LogP contribution in [0.2, 0.25) is 0 Å². The number of carbonyl (C=O) groups excluding carboxylic acids is 1. The first-order valence-electron chi connectivity index (χ1n) is 8.01. The molecule has 0 bridgehead atoms. The third-order valence-electron chi connectivity index (χ3n) is 3.71. The van der Waals surface area contributed by atoms with Gasteiger partial charge in [0.15, 0.2) is 0 Å². The number of aromatic nitrogens is 1. The molecule has 4 nitrogen and oxygen atoms in total. The van der Waals surface area contributed by atoms with Gasteiger partial charge >= 0.3 is 0 Å². The van der Waals surface area contributed by atoms with Crippen LogP contribution < -0.4 is 0 Å². The SMILES string of the molecule is CN(C)C(=O)c1cncc(N=C(c2ccccc2)c2ccccc2)c1. The van der Waals surface area contributed by atoms with Gasteiger partial charge in [0, 0.05) is 31.4 Å². The van der Waals surface area contributed by atoms with Crippen LogP contribution in [0.3, 0.4) is 0 Å². The molecule has 3 aromatic rings. The summed E-state index contributed by atoms with van der Waals surface area (Å²) >= 11 is 0. The van der Waals surface area contributed by atoms with E-state index in [2.05, 4.69) is 4.98 Å². The van der Waals surface area contributed by atoms with Gasteiger partial charge in [-0.2, -0.15) is 0 Å². The van der Waals surface area contributed by atoms with Crippen molar-refractivity contribution in [1.29, 1.82) is 0 Å². The zero-order valence-corrected chi connectivity index (χ0v) is 14.3. The van der Waals surface area contributed by atoms with E-state index >= 15 is 0 Å². The largest absolute Gasteiger partial charge is 0.345 e. The summed E-state index contributed by atoms with van der Waals surface area (Å²) in [5, 5.41) is 0. The van der Waals surface area contributed by atoms with Crippen molar-refractivity contribution in [1.82, 2.24) is 9.88 Å². The highest BCUT2D eigenvalue weighted by molar-refractivity contribution is 6.14. The molecule has 4 heteroatoms. The summed E-state index contributed by atoms with van der Waals surface area (Å²) < 4.78 is 0. The maximum absolute atomic E-state index is 12.2. The normalized spacial score (nSPS) is 10.2. The highest BCUT2D eigenvalue weighted by Gasteiger charge is 2.11. The van der Waals surface area contributed by atoms with Gasteiger partial charge in [-0.05, 0) is 6.07 Å². The van der Waals surface area contributed by atoms with Crippen molar-refractivity contribution in [2.24, 2.45) is 4.99 Å². The number of pyridine rings is 1. The maximum Gasteiger partial charge on any atom is 0.254 e. The molecule has 25 heavy (non-hydrogen) atoms. The predicted molar refractivity (Wildman–Crippen MR) is 100 cm³/mol. The number of hydrogen-bond donors (Lipinski definition) is 0. The fourth-order valence-electron chi connectivity index (χ4n) is 2.48. The van der Waals surface area contributed by atoms with Crippen molar-refractivity contribution >= 4 is 17.3 Å². The Balaban J connectivity index is 2.08. The van der Waals surface area contributed by atoms with Crippen LogP contribution in [0.15, 0.2) is 84.1 Å². The van der Waals surface area contributed by atoms with Crippen LogP contribution in [-0.4, -0.2) is 35.6 Å². The van der Waals surface area contributed by atoms with E-state index in [-0.39, 0.29) is 5.91 Å². The molecule has 1 heterocycles. The molecule has 2 aromatic carbocycles. The first-order valence-corrected chi connectivity index (χ1v) is 8.01. The summed E-state index contributed by atoms with van der Waals surface area (Å²) in [6.07, 6.45) is 3.23. The van der Waals surface area contributed by atoms with Gasteiger partial charge in [-0.1, -0.05) is 60.7 Å². The standard InChI is InChI=1S/C21H19N3O/c1-24(2)21(25)18-13-19(15-22-14-18)23-20(16-9-5-3-6-10-16)17-11-7-4-8-12-17/h3-15H,1-2H3. The van der Waals surface area contributed by atoms with E-state index < -0.39 is 0 Å². The van der Waals surface area contributed by atoms with Gasteiger partial charge in [-0.25, -0.2) is 4.99 Å². The van der Waals surface area contributed by atoms with E-state index in [1.54, 1.807) is 32.6 Å². The Kier molecular flexibility index (Phi) is 5.00. The lowest BCUT2D eigenvalue weighted by Gasteiger charge is -2.11. The van der Waals surface area contributed by atoms with Crippen LogP contribution >= 0.6 is 0 Å². The van der Waals surface area contributed by atoms with Crippen molar-refractivity contribution < 1.29 is 4.79 Å². The quantitative estimate of drug-likeness (QED) is 0.680. The number of amides is 1. The smallest absolute Gasteiger partial charge is 0.254 e. The predicted octanol–water partition coefficient (Wildman–Crippen LogP) is 3.95. The topological polar surface area (TPSA) is 45.6 Å². The summed E-state index contributed by atoms with van der Waals surface area (Å²) in [6.45, 7) is 0. The monoisotopic (exact) mass is 329 g/mol. The highest BCUT2D eigenvalue weighted by atomic mass is 16.2. The molecule has 0 spiro atoms. The number of hydrogen-bond acceptors (Lipinski definition) is 3. The van der Waals surface area contributed by atoms with Gasteiger partial charge in [0.25, 0.3) is 5.91 Å². The summed E-state index contributed by atoms with van der Waals surface area (Å²) in [5.41, 5.74) is 4.04. The molecule has 0 aliphatic heterocycles. The van der Waals surface area contributed by atoms with Crippen LogP contribution in [0.4, 0.5) is 5.69 Å². The van der Waals surface area contributed by atoms with Crippen LogP contribution in [0.25, 0.3) is 0 Å². The lowest BCUT2D eigenvalue weighted by Crippen LogP contribution is -2.21. The van der Waals surface area contributed by atoms with Crippen LogP contribution in [0, 0.1) is 0 Å². The molecule has 0 saturated heterocycles. The molecule has 1 aromatic heterocycles. The number of aliphatic imine (C=N–C) groups is 1. The van der Waals surface area contributed by atoms with Gasteiger partial charge in [0.05, 0.1) is 23.2 Å².